The van der Waals surface area contributed by atoms with Gasteiger partial charge in [0, 0.05) is 4.48 Å². The van der Waals surface area contributed by atoms with E-state index in [0.717, 1.165) is 0 Å². The van der Waals surface area contributed by atoms with Crippen LogP contribution in [0.2, 0.25) is 0 Å². The highest BCUT2D eigenvalue weighted by Crippen LogP contribution is 2.18. The summed E-state index contributed by atoms with van der Waals surface area (Å²) in [7, 11) is 0. The monoisotopic (exact) mass is 274 g/mol. The molecule has 0 bridgehead atoms. The molecule has 0 aliphatic rings. The van der Waals surface area contributed by atoms with Gasteiger partial charge in [0.2, 0.25) is 0 Å². The van der Waals surface area contributed by atoms with E-state index < -0.39 is 0 Å². The summed E-state index contributed by atoms with van der Waals surface area (Å²) in [5.74, 6) is -0.324. The molecular formula is C12H19BrO2. The molecule has 0 aromatic carbocycles. The average molecular weight is 275 g/mol. The lowest BCUT2D eigenvalue weighted by Gasteiger charge is -2.04. The summed E-state index contributed by atoms with van der Waals surface area (Å²) in [5.41, 5.74) is 0.516. The third-order valence-electron chi connectivity index (χ3n) is 1.31. The van der Waals surface area contributed by atoms with E-state index in [2.05, 4.69) is 22.5 Å². The number of hydrogen-bond donors (Lipinski definition) is 0. The van der Waals surface area contributed by atoms with Crippen LogP contribution in [0.15, 0.2) is 34.9 Å². The Hall–Kier alpha value is -0.830. The van der Waals surface area contributed by atoms with Gasteiger partial charge in [-0.15, -0.1) is 0 Å². The lowest BCUT2D eigenvalue weighted by molar-refractivity contribution is -0.138. The van der Waals surface area contributed by atoms with Crippen molar-refractivity contribution in [1.29, 1.82) is 0 Å². The zero-order valence-corrected chi connectivity index (χ0v) is 11.4. The Kier molecular flexibility index (Phi) is 12.4. The van der Waals surface area contributed by atoms with E-state index in [1.54, 1.807) is 32.1 Å². The summed E-state index contributed by atoms with van der Waals surface area (Å²) in [6, 6.07) is 0. The number of halogens is 1. The van der Waals surface area contributed by atoms with Gasteiger partial charge >= 0.3 is 5.97 Å². The summed E-state index contributed by atoms with van der Waals surface area (Å²) < 4.78 is 5.53. The van der Waals surface area contributed by atoms with Crippen LogP contribution in [0.3, 0.4) is 0 Å². The molecule has 15 heavy (non-hydrogen) atoms. The van der Waals surface area contributed by atoms with E-state index in [4.69, 9.17) is 4.74 Å². The predicted octanol–water partition coefficient (Wildman–Crippen LogP) is 3.99. The Morgan fingerprint density at radius 2 is 2.00 bits per heavy atom. The molecule has 0 aliphatic heterocycles. The fourth-order valence-electron chi connectivity index (χ4n) is 0.755. The standard InChI is InChI=1S/C10H13BrO2.C2H6/c1-4-7-9(11)8(5-2)10(12)13-6-3;1-2/h4-5,7H,1,6H2,2-3H3;1-2H3/b8-5+,9-7+;. The second kappa shape index (κ2) is 11.2. The summed E-state index contributed by atoms with van der Waals surface area (Å²) in [4.78, 5) is 11.3. The highest BCUT2D eigenvalue weighted by molar-refractivity contribution is 9.12. The van der Waals surface area contributed by atoms with Gasteiger partial charge in [0.15, 0.2) is 0 Å². The van der Waals surface area contributed by atoms with Crippen LogP contribution in [0.1, 0.15) is 27.7 Å². The van der Waals surface area contributed by atoms with E-state index >= 15 is 0 Å². The molecule has 0 radical (unpaired) electrons. The molecule has 0 saturated carbocycles. The predicted molar refractivity (Wildman–Crippen MR) is 68.9 cm³/mol. The summed E-state index contributed by atoms with van der Waals surface area (Å²) in [6.45, 7) is 11.5. The fourth-order valence-corrected chi connectivity index (χ4v) is 1.33. The smallest absolute Gasteiger partial charge is 0.338 e. The van der Waals surface area contributed by atoms with E-state index in [-0.39, 0.29) is 5.97 Å². The van der Waals surface area contributed by atoms with Crippen LogP contribution in [0, 0.1) is 0 Å². The van der Waals surface area contributed by atoms with E-state index in [1.165, 1.54) is 0 Å². The molecule has 0 heterocycles. The molecular weight excluding hydrogens is 256 g/mol. The number of esters is 1. The third-order valence-corrected chi connectivity index (χ3v) is 2.00. The third kappa shape index (κ3) is 7.14. The number of carbonyl (C=O) groups excluding carboxylic acids is 1. The second-order valence-electron chi connectivity index (χ2n) is 2.17. The van der Waals surface area contributed by atoms with Gasteiger partial charge in [0.25, 0.3) is 0 Å². The molecule has 0 rings (SSSR count). The van der Waals surface area contributed by atoms with Gasteiger partial charge in [-0.05, 0) is 35.9 Å². The van der Waals surface area contributed by atoms with Crippen LogP contribution in [0.25, 0.3) is 0 Å². The maximum absolute atomic E-state index is 11.3. The molecule has 0 spiro atoms. The molecule has 0 saturated heterocycles. The van der Waals surface area contributed by atoms with Gasteiger partial charge in [-0.3, -0.25) is 0 Å². The Labute approximate surface area is 101 Å². The molecule has 0 aromatic heterocycles. The average Bonchev–Trinajstić information content (AvgIpc) is 2.22. The molecule has 0 fully saturated rings. The van der Waals surface area contributed by atoms with Crippen LogP contribution >= 0.6 is 15.9 Å². The van der Waals surface area contributed by atoms with Gasteiger partial charge in [0.1, 0.15) is 0 Å². The minimum Gasteiger partial charge on any atom is -0.462 e. The molecule has 0 N–H and O–H groups in total. The largest absolute Gasteiger partial charge is 0.462 e. The SMILES string of the molecule is C=C/C=C(Br)\C(=C/C)C(=O)OCC.CC. The summed E-state index contributed by atoms with van der Waals surface area (Å²) in [6.07, 6.45) is 5.00. The summed E-state index contributed by atoms with van der Waals surface area (Å²) in [5, 5.41) is 0. The van der Waals surface area contributed by atoms with Gasteiger partial charge < -0.3 is 4.74 Å². The van der Waals surface area contributed by atoms with Crippen molar-refractivity contribution in [3.05, 3.63) is 34.9 Å². The molecule has 2 nitrogen and oxygen atoms in total. The van der Waals surface area contributed by atoms with Crippen LogP contribution in [-0.2, 0) is 9.53 Å². The minimum absolute atomic E-state index is 0.324. The zero-order chi connectivity index (χ0) is 12.3. The Morgan fingerprint density at radius 1 is 1.47 bits per heavy atom. The summed E-state index contributed by atoms with van der Waals surface area (Å²) >= 11 is 3.26. The molecule has 86 valence electrons. The van der Waals surface area contributed by atoms with Gasteiger partial charge in [-0.2, -0.15) is 0 Å². The normalized spacial score (nSPS) is 11.3. The van der Waals surface area contributed by atoms with Gasteiger partial charge in [0.05, 0.1) is 12.2 Å². The number of hydrogen-bond acceptors (Lipinski definition) is 2. The highest BCUT2D eigenvalue weighted by atomic mass is 79.9. The van der Waals surface area contributed by atoms with Crippen molar-refractivity contribution in [3.63, 3.8) is 0 Å². The molecule has 0 aliphatic carbocycles. The first-order chi connectivity index (χ1) is 7.17. The van der Waals surface area contributed by atoms with E-state index in [1.807, 2.05) is 13.8 Å². The fraction of sp³-hybridized carbons (Fsp3) is 0.417. The van der Waals surface area contributed by atoms with Gasteiger partial charge in [-0.1, -0.05) is 32.6 Å². The quantitative estimate of drug-likeness (QED) is 0.440. The van der Waals surface area contributed by atoms with Crippen LogP contribution in [0.4, 0.5) is 0 Å². The lowest BCUT2D eigenvalue weighted by Crippen LogP contribution is -2.07. The molecule has 0 aromatic rings. The molecule has 0 atom stereocenters. The number of carbonyl (C=O) groups is 1. The van der Waals surface area contributed by atoms with Crippen LogP contribution in [0.5, 0.6) is 0 Å². The first kappa shape index (κ1) is 16.6. The van der Waals surface area contributed by atoms with Crippen molar-refractivity contribution in [2.45, 2.75) is 27.7 Å². The number of rotatable bonds is 4. The number of allylic oxidation sites excluding steroid dienone is 3. The Morgan fingerprint density at radius 3 is 2.33 bits per heavy atom. The van der Waals surface area contributed by atoms with Crippen molar-refractivity contribution in [3.8, 4) is 0 Å². The molecule has 0 amide bonds. The molecule has 3 heteroatoms. The van der Waals surface area contributed by atoms with Crippen LogP contribution in [-0.4, -0.2) is 12.6 Å². The van der Waals surface area contributed by atoms with Crippen molar-refractivity contribution in [1.82, 2.24) is 0 Å². The molecule has 0 unspecified atom stereocenters. The van der Waals surface area contributed by atoms with Crippen LogP contribution < -0.4 is 0 Å². The topological polar surface area (TPSA) is 26.3 Å². The van der Waals surface area contributed by atoms with Gasteiger partial charge in [-0.25, -0.2) is 4.79 Å². The van der Waals surface area contributed by atoms with Crippen molar-refractivity contribution >= 4 is 21.9 Å². The van der Waals surface area contributed by atoms with Crippen molar-refractivity contribution in [2.75, 3.05) is 6.61 Å². The second-order valence-corrected chi connectivity index (χ2v) is 3.03. The van der Waals surface area contributed by atoms with E-state index in [9.17, 15) is 4.79 Å². The first-order valence-corrected chi connectivity index (χ1v) is 5.78. The first-order valence-electron chi connectivity index (χ1n) is 4.99. The number of ether oxygens (including phenoxy) is 1. The zero-order valence-electron chi connectivity index (χ0n) is 9.84. The highest BCUT2D eigenvalue weighted by Gasteiger charge is 2.11. The van der Waals surface area contributed by atoms with Crippen molar-refractivity contribution in [2.24, 2.45) is 0 Å². The van der Waals surface area contributed by atoms with Crippen molar-refractivity contribution < 1.29 is 9.53 Å². The lowest BCUT2D eigenvalue weighted by atomic mass is 10.2. The minimum atomic E-state index is -0.324. The Balaban J connectivity index is 0. The van der Waals surface area contributed by atoms with E-state index in [0.29, 0.717) is 16.7 Å². The maximum atomic E-state index is 11.3. The Bertz CT molecular complexity index is 252. The maximum Gasteiger partial charge on any atom is 0.338 e.